The molecule has 82 valence electrons. The van der Waals surface area contributed by atoms with Crippen LogP contribution in [0.2, 0.25) is 0 Å². The van der Waals surface area contributed by atoms with E-state index in [1.54, 1.807) is 18.3 Å². The maximum absolute atomic E-state index is 9.06. The molecule has 1 aromatic carbocycles. The number of hydrogen-bond acceptors (Lipinski definition) is 3. The predicted molar refractivity (Wildman–Crippen MR) is 62.3 cm³/mol. The fourth-order valence-corrected chi connectivity index (χ4v) is 1.59. The first-order valence-electron chi connectivity index (χ1n) is 5.10. The highest BCUT2D eigenvalue weighted by molar-refractivity contribution is 6.58. The molecule has 4 nitrogen and oxygen atoms in total. The average Bonchev–Trinajstić information content (AvgIpc) is 2.65. The zero-order chi connectivity index (χ0) is 11.5. The summed E-state index contributed by atoms with van der Waals surface area (Å²) in [4.78, 5) is 0. The minimum absolute atomic E-state index is 0.502. The molecule has 16 heavy (non-hydrogen) atoms. The van der Waals surface area contributed by atoms with Crippen molar-refractivity contribution in [2.75, 3.05) is 0 Å². The number of aromatic nitrogens is 2. The summed E-state index contributed by atoms with van der Waals surface area (Å²) in [6.07, 6.45) is 1.75. The Labute approximate surface area is 94.3 Å². The van der Waals surface area contributed by atoms with Gasteiger partial charge < -0.3 is 10.0 Å². The van der Waals surface area contributed by atoms with Crippen molar-refractivity contribution in [2.45, 2.75) is 13.5 Å². The van der Waals surface area contributed by atoms with Crippen molar-refractivity contribution in [1.29, 1.82) is 0 Å². The van der Waals surface area contributed by atoms with Gasteiger partial charge in [-0.2, -0.15) is 5.10 Å². The Balaban J connectivity index is 2.22. The highest BCUT2D eigenvalue weighted by Gasteiger charge is 2.10. The summed E-state index contributed by atoms with van der Waals surface area (Å²) >= 11 is 0. The van der Waals surface area contributed by atoms with Gasteiger partial charge in [0.05, 0.1) is 6.54 Å². The molecule has 2 rings (SSSR count). The second kappa shape index (κ2) is 4.51. The van der Waals surface area contributed by atoms with Gasteiger partial charge in [-0.15, -0.1) is 0 Å². The Morgan fingerprint density at radius 3 is 2.75 bits per heavy atom. The first kappa shape index (κ1) is 10.9. The number of nitrogens with zero attached hydrogens (tertiary/aromatic N) is 2. The molecule has 0 aliphatic carbocycles. The number of rotatable bonds is 3. The van der Waals surface area contributed by atoms with Crippen molar-refractivity contribution >= 4 is 12.6 Å². The molecule has 2 aromatic rings. The van der Waals surface area contributed by atoms with Gasteiger partial charge in [0.1, 0.15) is 0 Å². The highest BCUT2D eigenvalue weighted by Crippen LogP contribution is 2.03. The van der Waals surface area contributed by atoms with E-state index in [4.69, 9.17) is 10.0 Å². The largest absolute Gasteiger partial charge is 0.488 e. The summed E-state index contributed by atoms with van der Waals surface area (Å²) in [6.45, 7) is 2.62. The first-order valence-corrected chi connectivity index (χ1v) is 5.10. The van der Waals surface area contributed by atoms with E-state index < -0.39 is 7.12 Å². The maximum Gasteiger partial charge on any atom is 0.488 e. The van der Waals surface area contributed by atoms with E-state index in [9.17, 15) is 0 Å². The summed E-state index contributed by atoms with van der Waals surface area (Å²) in [7, 11) is -1.42. The molecule has 0 radical (unpaired) electrons. The second-order valence-electron chi connectivity index (χ2n) is 3.75. The van der Waals surface area contributed by atoms with Crippen LogP contribution in [0.4, 0.5) is 0 Å². The minimum atomic E-state index is -1.42. The van der Waals surface area contributed by atoms with Gasteiger partial charge in [0.15, 0.2) is 0 Å². The molecule has 5 heteroatoms. The quantitative estimate of drug-likeness (QED) is 0.705. The monoisotopic (exact) mass is 216 g/mol. The molecule has 0 saturated carbocycles. The predicted octanol–water partition coefficient (Wildman–Crippen LogP) is -0.0804. The lowest BCUT2D eigenvalue weighted by atomic mass is 9.80. The molecular weight excluding hydrogens is 203 g/mol. The molecule has 0 aliphatic heterocycles. The SMILES string of the molecule is Cc1ccnn1Cc1cccc(B(O)O)c1. The zero-order valence-corrected chi connectivity index (χ0v) is 9.04. The van der Waals surface area contributed by atoms with Gasteiger partial charge in [-0.05, 0) is 24.0 Å². The van der Waals surface area contributed by atoms with E-state index in [0.29, 0.717) is 12.0 Å². The molecule has 0 aliphatic rings. The van der Waals surface area contributed by atoms with Gasteiger partial charge >= 0.3 is 7.12 Å². The highest BCUT2D eigenvalue weighted by atomic mass is 16.4. The van der Waals surface area contributed by atoms with Crippen molar-refractivity contribution in [3.05, 3.63) is 47.8 Å². The van der Waals surface area contributed by atoms with E-state index >= 15 is 0 Å². The zero-order valence-electron chi connectivity index (χ0n) is 9.04. The standard InChI is InChI=1S/C11H13BN2O2/c1-9-5-6-13-14(9)8-10-3-2-4-11(7-10)12(15)16/h2-7,15-16H,8H2,1H3. The third-order valence-corrected chi connectivity index (χ3v) is 2.51. The van der Waals surface area contributed by atoms with Crippen LogP contribution in [0, 0.1) is 6.92 Å². The molecule has 1 heterocycles. The summed E-state index contributed by atoms with van der Waals surface area (Å²) in [6, 6.07) is 9.14. The van der Waals surface area contributed by atoms with E-state index in [-0.39, 0.29) is 0 Å². The maximum atomic E-state index is 9.06. The van der Waals surface area contributed by atoms with E-state index in [1.807, 2.05) is 29.8 Å². The Bertz CT molecular complexity index is 482. The molecule has 0 unspecified atom stereocenters. The normalized spacial score (nSPS) is 10.4. The van der Waals surface area contributed by atoms with Crippen LogP contribution >= 0.6 is 0 Å². The smallest absolute Gasteiger partial charge is 0.423 e. The van der Waals surface area contributed by atoms with Crippen molar-refractivity contribution in [3.63, 3.8) is 0 Å². The van der Waals surface area contributed by atoms with Gasteiger partial charge in [-0.1, -0.05) is 24.3 Å². The molecule has 0 bridgehead atoms. The molecule has 1 aromatic heterocycles. The molecule has 0 atom stereocenters. The van der Waals surface area contributed by atoms with Crippen LogP contribution in [0.5, 0.6) is 0 Å². The molecule has 0 spiro atoms. The lowest BCUT2D eigenvalue weighted by molar-refractivity contribution is 0.425. The van der Waals surface area contributed by atoms with Crippen molar-refractivity contribution in [3.8, 4) is 0 Å². The Hall–Kier alpha value is -1.59. The van der Waals surface area contributed by atoms with Crippen molar-refractivity contribution < 1.29 is 10.0 Å². The Kier molecular flexibility index (Phi) is 3.08. The van der Waals surface area contributed by atoms with E-state index in [2.05, 4.69) is 5.10 Å². The lowest BCUT2D eigenvalue weighted by Crippen LogP contribution is -2.30. The topological polar surface area (TPSA) is 58.3 Å². The van der Waals surface area contributed by atoms with Crippen LogP contribution in [0.1, 0.15) is 11.3 Å². The number of benzene rings is 1. The third-order valence-electron chi connectivity index (χ3n) is 2.51. The first-order chi connectivity index (χ1) is 7.66. The molecular formula is C11H13BN2O2. The van der Waals surface area contributed by atoms with Crippen LogP contribution in [0.15, 0.2) is 36.5 Å². The average molecular weight is 216 g/mol. The van der Waals surface area contributed by atoms with Gasteiger partial charge in [-0.3, -0.25) is 4.68 Å². The van der Waals surface area contributed by atoms with Gasteiger partial charge in [0.2, 0.25) is 0 Å². The van der Waals surface area contributed by atoms with E-state index in [0.717, 1.165) is 11.3 Å². The lowest BCUT2D eigenvalue weighted by Gasteiger charge is -2.06. The van der Waals surface area contributed by atoms with Crippen LogP contribution in [-0.4, -0.2) is 26.9 Å². The van der Waals surface area contributed by atoms with Crippen LogP contribution in [0.25, 0.3) is 0 Å². The summed E-state index contributed by atoms with van der Waals surface area (Å²) in [5.41, 5.74) is 2.58. The van der Waals surface area contributed by atoms with Gasteiger partial charge in [0, 0.05) is 11.9 Å². The van der Waals surface area contributed by atoms with E-state index in [1.165, 1.54) is 0 Å². The van der Waals surface area contributed by atoms with Gasteiger partial charge in [-0.25, -0.2) is 0 Å². The van der Waals surface area contributed by atoms with Crippen molar-refractivity contribution in [2.24, 2.45) is 0 Å². The van der Waals surface area contributed by atoms with Crippen molar-refractivity contribution in [1.82, 2.24) is 9.78 Å². The third kappa shape index (κ3) is 2.32. The molecule has 0 fully saturated rings. The minimum Gasteiger partial charge on any atom is -0.423 e. The summed E-state index contributed by atoms with van der Waals surface area (Å²) < 4.78 is 1.86. The Morgan fingerprint density at radius 1 is 1.31 bits per heavy atom. The fraction of sp³-hybridized carbons (Fsp3) is 0.182. The van der Waals surface area contributed by atoms with Crippen LogP contribution < -0.4 is 5.46 Å². The number of hydrogen-bond donors (Lipinski definition) is 2. The summed E-state index contributed by atoms with van der Waals surface area (Å²) in [5.74, 6) is 0. The van der Waals surface area contributed by atoms with Crippen LogP contribution in [0.3, 0.4) is 0 Å². The fourth-order valence-electron chi connectivity index (χ4n) is 1.59. The molecule has 2 N–H and O–H groups in total. The molecule has 0 amide bonds. The van der Waals surface area contributed by atoms with Crippen LogP contribution in [-0.2, 0) is 6.54 Å². The number of aryl methyl sites for hydroxylation is 1. The summed E-state index contributed by atoms with van der Waals surface area (Å²) in [5, 5.41) is 22.3. The van der Waals surface area contributed by atoms with Gasteiger partial charge in [0.25, 0.3) is 0 Å². The Morgan fingerprint density at radius 2 is 2.12 bits per heavy atom. The second-order valence-corrected chi connectivity index (χ2v) is 3.75. The molecule has 0 saturated heterocycles.